The van der Waals surface area contributed by atoms with Gasteiger partial charge in [0.2, 0.25) is 0 Å². The number of piperazine rings is 1. The molecule has 0 bridgehead atoms. The summed E-state index contributed by atoms with van der Waals surface area (Å²) in [7, 11) is -2.51. The molecule has 0 aromatic heterocycles. The Labute approximate surface area is 199 Å². The minimum absolute atomic E-state index is 0.0364. The molecule has 0 amide bonds. The third-order valence-electron chi connectivity index (χ3n) is 6.34. The lowest BCUT2D eigenvalue weighted by Gasteiger charge is -2.43. The highest BCUT2D eigenvalue weighted by molar-refractivity contribution is 6.99. The molecule has 1 aliphatic heterocycles. The number of carbonyl (C=O) groups is 1. The normalized spacial score (nSPS) is 16.1. The summed E-state index contributed by atoms with van der Waals surface area (Å²) in [6.07, 6.45) is 0. The SMILES string of the molecule is CC(C)(C)[Si](OCCOCCN1CCN(CC(=O)O)CC1)(c1ccccc1)c1ccccc1. The number of rotatable bonds is 11. The van der Waals surface area contributed by atoms with Gasteiger partial charge >= 0.3 is 5.97 Å². The molecule has 33 heavy (non-hydrogen) atoms. The lowest BCUT2D eigenvalue weighted by Crippen LogP contribution is -2.66. The number of hydrogen-bond acceptors (Lipinski definition) is 5. The molecule has 6 nitrogen and oxygen atoms in total. The van der Waals surface area contributed by atoms with Gasteiger partial charge in [-0.1, -0.05) is 81.4 Å². The van der Waals surface area contributed by atoms with Gasteiger partial charge in [-0.05, 0) is 15.4 Å². The second-order valence-corrected chi connectivity index (χ2v) is 13.9. The summed E-state index contributed by atoms with van der Waals surface area (Å²) < 4.78 is 12.8. The second kappa shape index (κ2) is 11.9. The molecule has 1 saturated heterocycles. The monoisotopic (exact) mass is 470 g/mol. The fraction of sp³-hybridized carbons (Fsp3) is 0.500. The topological polar surface area (TPSA) is 62.2 Å². The van der Waals surface area contributed by atoms with E-state index in [2.05, 4.69) is 86.3 Å². The molecule has 0 radical (unpaired) electrons. The summed E-state index contributed by atoms with van der Waals surface area (Å²) in [4.78, 5) is 15.2. The van der Waals surface area contributed by atoms with Crippen LogP contribution in [-0.2, 0) is 14.0 Å². The van der Waals surface area contributed by atoms with Crippen LogP contribution in [0.25, 0.3) is 0 Å². The quantitative estimate of drug-likeness (QED) is 0.402. The zero-order valence-electron chi connectivity index (χ0n) is 20.2. The van der Waals surface area contributed by atoms with Crippen LogP contribution in [0.1, 0.15) is 20.8 Å². The Balaban J connectivity index is 1.54. The summed E-state index contributed by atoms with van der Waals surface area (Å²) in [5.41, 5.74) is 0. The molecule has 180 valence electrons. The predicted molar refractivity (Wildman–Crippen MR) is 135 cm³/mol. The second-order valence-electron chi connectivity index (χ2n) is 9.64. The van der Waals surface area contributed by atoms with Gasteiger partial charge in [-0.25, -0.2) is 0 Å². The maximum atomic E-state index is 10.9. The van der Waals surface area contributed by atoms with Crippen LogP contribution < -0.4 is 10.4 Å². The summed E-state index contributed by atoms with van der Waals surface area (Å²) >= 11 is 0. The van der Waals surface area contributed by atoms with E-state index in [-0.39, 0.29) is 11.6 Å². The van der Waals surface area contributed by atoms with Crippen molar-refractivity contribution >= 4 is 24.7 Å². The van der Waals surface area contributed by atoms with Crippen LogP contribution in [0.5, 0.6) is 0 Å². The van der Waals surface area contributed by atoms with Gasteiger partial charge in [0.15, 0.2) is 0 Å². The van der Waals surface area contributed by atoms with Gasteiger partial charge in [0.05, 0.1) is 26.4 Å². The predicted octanol–water partition coefficient (Wildman–Crippen LogP) is 2.28. The van der Waals surface area contributed by atoms with E-state index >= 15 is 0 Å². The molecule has 0 aliphatic carbocycles. The van der Waals surface area contributed by atoms with E-state index < -0.39 is 14.3 Å². The standard InChI is InChI=1S/C26H38N2O4Si/c1-26(2,3)33(23-10-6-4-7-11-23,24-12-8-5-9-13-24)32-21-20-31-19-18-27-14-16-28(17-15-27)22-25(29)30/h4-13H,14-22H2,1-3H3,(H,29,30). The van der Waals surface area contributed by atoms with Gasteiger partial charge in [0.1, 0.15) is 0 Å². The number of aliphatic carboxylic acids is 1. The minimum atomic E-state index is -2.51. The Hall–Kier alpha value is -2.03. The Morgan fingerprint density at radius 2 is 1.36 bits per heavy atom. The van der Waals surface area contributed by atoms with Crippen molar-refractivity contribution in [3.63, 3.8) is 0 Å². The van der Waals surface area contributed by atoms with Crippen molar-refractivity contribution in [3.05, 3.63) is 60.7 Å². The van der Waals surface area contributed by atoms with E-state index in [1.54, 1.807) is 0 Å². The Kier molecular flexibility index (Phi) is 9.23. The highest BCUT2D eigenvalue weighted by Gasteiger charge is 2.49. The smallest absolute Gasteiger partial charge is 0.317 e. The molecule has 2 aromatic carbocycles. The van der Waals surface area contributed by atoms with Crippen molar-refractivity contribution in [2.24, 2.45) is 0 Å². The molecule has 1 aliphatic rings. The Morgan fingerprint density at radius 3 is 1.85 bits per heavy atom. The van der Waals surface area contributed by atoms with Crippen LogP contribution in [0.15, 0.2) is 60.7 Å². The van der Waals surface area contributed by atoms with Crippen molar-refractivity contribution in [3.8, 4) is 0 Å². The summed E-state index contributed by atoms with van der Waals surface area (Å²) in [6.45, 7) is 13.0. The zero-order chi connectivity index (χ0) is 23.7. The number of benzene rings is 2. The highest BCUT2D eigenvalue weighted by atomic mass is 28.4. The summed E-state index contributed by atoms with van der Waals surface area (Å²) in [5.74, 6) is -0.757. The molecule has 0 saturated carbocycles. The number of carboxylic acids is 1. The first-order valence-electron chi connectivity index (χ1n) is 11.8. The Morgan fingerprint density at radius 1 is 0.848 bits per heavy atom. The lowest BCUT2D eigenvalue weighted by atomic mass is 10.2. The summed E-state index contributed by atoms with van der Waals surface area (Å²) in [6, 6.07) is 21.3. The van der Waals surface area contributed by atoms with Crippen molar-refractivity contribution < 1.29 is 19.1 Å². The van der Waals surface area contributed by atoms with E-state index in [9.17, 15) is 4.79 Å². The average Bonchev–Trinajstić information content (AvgIpc) is 2.80. The molecule has 0 unspecified atom stereocenters. The van der Waals surface area contributed by atoms with Crippen LogP contribution >= 0.6 is 0 Å². The molecule has 3 rings (SSSR count). The highest BCUT2D eigenvalue weighted by Crippen LogP contribution is 2.36. The van der Waals surface area contributed by atoms with Gasteiger partial charge in [-0.15, -0.1) is 0 Å². The largest absolute Gasteiger partial charge is 0.480 e. The van der Waals surface area contributed by atoms with Gasteiger partial charge in [-0.3, -0.25) is 14.6 Å². The van der Waals surface area contributed by atoms with Crippen molar-refractivity contribution in [1.82, 2.24) is 9.80 Å². The van der Waals surface area contributed by atoms with Gasteiger partial charge in [0, 0.05) is 32.7 Å². The molecule has 7 heteroatoms. The molecule has 0 spiro atoms. The number of nitrogens with zero attached hydrogens (tertiary/aromatic N) is 2. The van der Waals surface area contributed by atoms with Crippen LogP contribution in [0.3, 0.4) is 0 Å². The molecule has 1 N–H and O–H groups in total. The maximum Gasteiger partial charge on any atom is 0.317 e. The van der Waals surface area contributed by atoms with Crippen molar-refractivity contribution in [2.75, 3.05) is 59.1 Å². The van der Waals surface area contributed by atoms with Crippen molar-refractivity contribution in [1.29, 1.82) is 0 Å². The molecule has 2 aromatic rings. The van der Waals surface area contributed by atoms with Gasteiger partial charge in [-0.2, -0.15) is 0 Å². The van der Waals surface area contributed by atoms with E-state index in [1.165, 1.54) is 10.4 Å². The molecule has 1 fully saturated rings. The first-order valence-corrected chi connectivity index (χ1v) is 13.7. The van der Waals surface area contributed by atoms with Crippen LogP contribution in [0.2, 0.25) is 5.04 Å². The minimum Gasteiger partial charge on any atom is -0.480 e. The molecule has 0 atom stereocenters. The van der Waals surface area contributed by atoms with E-state index in [1.807, 2.05) is 4.90 Å². The van der Waals surface area contributed by atoms with Gasteiger partial charge < -0.3 is 14.3 Å². The fourth-order valence-corrected chi connectivity index (χ4v) is 9.22. The lowest BCUT2D eigenvalue weighted by molar-refractivity contribution is -0.138. The number of hydrogen-bond donors (Lipinski definition) is 1. The van der Waals surface area contributed by atoms with E-state index in [0.717, 1.165) is 32.7 Å². The molecular formula is C26H38N2O4Si. The van der Waals surface area contributed by atoms with Crippen LogP contribution in [0.4, 0.5) is 0 Å². The van der Waals surface area contributed by atoms with Crippen molar-refractivity contribution in [2.45, 2.75) is 25.8 Å². The first kappa shape index (κ1) is 25.6. The van der Waals surface area contributed by atoms with E-state index in [4.69, 9.17) is 14.3 Å². The average molecular weight is 471 g/mol. The van der Waals surface area contributed by atoms with E-state index in [0.29, 0.717) is 19.8 Å². The number of ether oxygens (including phenoxy) is 1. The Bertz CT molecular complexity index is 810. The fourth-order valence-electron chi connectivity index (χ4n) is 4.67. The third kappa shape index (κ3) is 6.74. The van der Waals surface area contributed by atoms with Crippen LogP contribution in [-0.4, -0.2) is 88.3 Å². The molecular weight excluding hydrogens is 432 g/mol. The first-order chi connectivity index (χ1) is 15.8. The van der Waals surface area contributed by atoms with Gasteiger partial charge in [0.25, 0.3) is 8.32 Å². The summed E-state index contributed by atoms with van der Waals surface area (Å²) in [5, 5.41) is 11.4. The number of carboxylic acid groups (broad SMARTS) is 1. The third-order valence-corrected chi connectivity index (χ3v) is 11.4. The maximum absolute atomic E-state index is 10.9. The molecule has 1 heterocycles. The van der Waals surface area contributed by atoms with Crippen LogP contribution in [0, 0.1) is 0 Å². The zero-order valence-corrected chi connectivity index (χ0v) is 21.2.